The maximum absolute atomic E-state index is 12.4. The van der Waals surface area contributed by atoms with Crippen molar-refractivity contribution in [1.29, 1.82) is 0 Å². The summed E-state index contributed by atoms with van der Waals surface area (Å²) in [6.45, 7) is 0.837. The van der Waals surface area contributed by atoms with Crippen LogP contribution in [0.25, 0.3) is 0 Å². The van der Waals surface area contributed by atoms with Crippen LogP contribution in [0.1, 0.15) is 17.5 Å². The van der Waals surface area contributed by atoms with Crippen LogP contribution in [0, 0.1) is 0 Å². The maximum Gasteiger partial charge on any atom is 0.573 e. The molecule has 2 N–H and O–H groups in total. The summed E-state index contributed by atoms with van der Waals surface area (Å²) in [4.78, 5) is 4.07. The number of nitrogens with one attached hydrogen (secondary N) is 2. The molecule has 0 atom stereocenters. The van der Waals surface area contributed by atoms with Crippen molar-refractivity contribution in [3.8, 4) is 5.75 Å². The average molecular weight is 369 g/mol. The molecule has 0 saturated heterocycles. The van der Waals surface area contributed by atoms with Crippen molar-refractivity contribution < 1.29 is 17.9 Å². The lowest BCUT2D eigenvalue weighted by Crippen LogP contribution is -2.37. The standard InChI is InChI=1S/C17H22F3N5O/c1-21-16(22-9-5-6-13-10-24-25(2)12-13)23-11-14-7-3-4-8-15(14)26-17(18,19)20/h3-4,7-8,10,12H,5-6,9,11H2,1-2H3,(H2,21,22,23). The normalized spacial score (nSPS) is 12.1. The number of aliphatic imine (C=N–C) groups is 1. The van der Waals surface area contributed by atoms with Gasteiger partial charge in [-0.2, -0.15) is 5.10 Å². The second kappa shape index (κ2) is 9.12. The van der Waals surface area contributed by atoms with Gasteiger partial charge in [-0.1, -0.05) is 18.2 Å². The quantitative estimate of drug-likeness (QED) is 0.447. The van der Waals surface area contributed by atoms with Crippen LogP contribution in [0.2, 0.25) is 0 Å². The number of guanidine groups is 1. The minimum atomic E-state index is -4.72. The van der Waals surface area contributed by atoms with E-state index in [-0.39, 0.29) is 12.3 Å². The third-order valence-electron chi connectivity index (χ3n) is 3.56. The van der Waals surface area contributed by atoms with Gasteiger partial charge in [0.25, 0.3) is 0 Å². The number of rotatable bonds is 7. The van der Waals surface area contributed by atoms with Crippen LogP contribution < -0.4 is 15.4 Å². The summed E-state index contributed by atoms with van der Waals surface area (Å²) in [5.41, 5.74) is 1.54. The first-order chi connectivity index (χ1) is 12.4. The number of hydrogen-bond donors (Lipinski definition) is 2. The number of benzene rings is 1. The molecule has 0 unspecified atom stereocenters. The van der Waals surface area contributed by atoms with Crippen molar-refractivity contribution in [3.63, 3.8) is 0 Å². The van der Waals surface area contributed by atoms with E-state index in [0.717, 1.165) is 18.4 Å². The van der Waals surface area contributed by atoms with Crippen molar-refractivity contribution in [2.24, 2.45) is 12.0 Å². The lowest BCUT2D eigenvalue weighted by Gasteiger charge is -2.15. The summed E-state index contributed by atoms with van der Waals surface area (Å²) in [5, 5.41) is 10.2. The van der Waals surface area contributed by atoms with Crippen molar-refractivity contribution in [2.45, 2.75) is 25.7 Å². The highest BCUT2D eigenvalue weighted by Gasteiger charge is 2.31. The van der Waals surface area contributed by atoms with E-state index < -0.39 is 6.36 Å². The Bertz CT molecular complexity index is 727. The van der Waals surface area contributed by atoms with Crippen LogP contribution in [-0.2, 0) is 20.0 Å². The molecule has 0 amide bonds. The van der Waals surface area contributed by atoms with Crippen LogP contribution in [-0.4, -0.2) is 35.7 Å². The monoisotopic (exact) mass is 369 g/mol. The van der Waals surface area contributed by atoms with Gasteiger partial charge >= 0.3 is 6.36 Å². The van der Waals surface area contributed by atoms with E-state index >= 15 is 0 Å². The molecule has 0 spiro atoms. The van der Waals surface area contributed by atoms with E-state index in [1.807, 2.05) is 19.4 Å². The van der Waals surface area contributed by atoms with Gasteiger partial charge in [0.1, 0.15) is 5.75 Å². The van der Waals surface area contributed by atoms with Gasteiger partial charge < -0.3 is 15.4 Å². The van der Waals surface area contributed by atoms with Crippen LogP contribution in [0.4, 0.5) is 13.2 Å². The van der Waals surface area contributed by atoms with E-state index in [1.54, 1.807) is 23.9 Å². The molecule has 0 fully saturated rings. The van der Waals surface area contributed by atoms with Gasteiger partial charge in [0, 0.05) is 38.9 Å². The predicted octanol–water partition coefficient (Wildman–Crippen LogP) is 2.62. The largest absolute Gasteiger partial charge is 0.573 e. The predicted molar refractivity (Wildman–Crippen MR) is 92.9 cm³/mol. The number of halogens is 3. The number of ether oxygens (including phenoxy) is 1. The van der Waals surface area contributed by atoms with Gasteiger partial charge in [0.05, 0.1) is 6.20 Å². The van der Waals surface area contributed by atoms with Gasteiger partial charge in [-0.05, 0) is 24.5 Å². The Labute approximate surface area is 150 Å². The van der Waals surface area contributed by atoms with Gasteiger partial charge in [-0.25, -0.2) is 0 Å². The fourth-order valence-corrected chi connectivity index (χ4v) is 2.37. The highest BCUT2D eigenvalue weighted by atomic mass is 19.4. The second-order valence-corrected chi connectivity index (χ2v) is 5.63. The molecule has 1 aromatic heterocycles. The van der Waals surface area contributed by atoms with Gasteiger partial charge in [-0.15, -0.1) is 13.2 Å². The zero-order valence-electron chi connectivity index (χ0n) is 14.7. The summed E-state index contributed by atoms with van der Waals surface area (Å²) in [6.07, 6.45) is 0.817. The smallest absolute Gasteiger partial charge is 0.405 e. The number of aromatic nitrogens is 2. The molecule has 6 nitrogen and oxygen atoms in total. The number of nitrogens with zero attached hydrogens (tertiary/aromatic N) is 3. The molecule has 0 aliphatic heterocycles. The van der Waals surface area contributed by atoms with Gasteiger partial charge in [0.2, 0.25) is 0 Å². The Balaban J connectivity index is 1.80. The van der Waals surface area contributed by atoms with E-state index in [4.69, 9.17) is 0 Å². The summed E-state index contributed by atoms with van der Waals surface area (Å²) < 4.78 is 43.1. The lowest BCUT2D eigenvalue weighted by atomic mass is 10.2. The third-order valence-corrected chi connectivity index (χ3v) is 3.56. The Morgan fingerprint density at radius 2 is 2.04 bits per heavy atom. The highest BCUT2D eigenvalue weighted by Crippen LogP contribution is 2.25. The second-order valence-electron chi connectivity index (χ2n) is 5.63. The van der Waals surface area contributed by atoms with Gasteiger partial charge in [0.15, 0.2) is 5.96 Å². The van der Waals surface area contributed by atoms with Gasteiger partial charge in [-0.3, -0.25) is 9.67 Å². The molecule has 9 heteroatoms. The fraction of sp³-hybridized carbons (Fsp3) is 0.412. The first kappa shape index (κ1) is 19.6. The SMILES string of the molecule is CN=C(NCCCc1cnn(C)c1)NCc1ccccc1OC(F)(F)F. The Hall–Kier alpha value is -2.71. The van der Waals surface area contributed by atoms with E-state index in [2.05, 4.69) is 25.5 Å². The fourth-order valence-electron chi connectivity index (χ4n) is 2.37. The minimum Gasteiger partial charge on any atom is -0.405 e. The average Bonchev–Trinajstić information content (AvgIpc) is 2.99. The molecule has 0 saturated carbocycles. The van der Waals surface area contributed by atoms with E-state index in [1.165, 1.54) is 12.1 Å². The molecule has 0 aliphatic rings. The summed E-state index contributed by atoms with van der Waals surface area (Å²) in [6, 6.07) is 6.01. The molecule has 0 radical (unpaired) electrons. The lowest BCUT2D eigenvalue weighted by molar-refractivity contribution is -0.274. The zero-order valence-corrected chi connectivity index (χ0v) is 14.7. The Morgan fingerprint density at radius 3 is 2.69 bits per heavy atom. The Morgan fingerprint density at radius 1 is 1.27 bits per heavy atom. The number of hydrogen-bond acceptors (Lipinski definition) is 3. The molecule has 0 bridgehead atoms. The van der Waals surface area contributed by atoms with E-state index in [9.17, 15) is 13.2 Å². The molecular weight excluding hydrogens is 347 g/mol. The minimum absolute atomic E-state index is 0.161. The van der Waals surface area contributed by atoms with Crippen molar-refractivity contribution in [1.82, 2.24) is 20.4 Å². The molecule has 1 heterocycles. The van der Waals surface area contributed by atoms with Crippen LogP contribution in [0.15, 0.2) is 41.7 Å². The zero-order chi connectivity index (χ0) is 19.0. The topological polar surface area (TPSA) is 63.5 Å². The summed E-state index contributed by atoms with van der Waals surface area (Å²) in [7, 11) is 3.47. The number of para-hydroxylation sites is 1. The van der Waals surface area contributed by atoms with E-state index in [0.29, 0.717) is 18.1 Å². The van der Waals surface area contributed by atoms with Crippen molar-refractivity contribution in [2.75, 3.05) is 13.6 Å². The number of alkyl halides is 3. The van der Waals surface area contributed by atoms with Crippen molar-refractivity contribution >= 4 is 5.96 Å². The molecule has 2 aromatic rings. The summed E-state index contributed by atoms with van der Waals surface area (Å²) in [5.74, 6) is 0.289. The molecular formula is C17H22F3N5O. The Kier molecular flexibility index (Phi) is 6.88. The third kappa shape index (κ3) is 6.66. The number of aryl methyl sites for hydroxylation is 2. The molecule has 0 aliphatic carbocycles. The molecule has 1 aromatic carbocycles. The van der Waals surface area contributed by atoms with Crippen LogP contribution in [0.3, 0.4) is 0 Å². The molecule has 2 rings (SSSR count). The molecule has 26 heavy (non-hydrogen) atoms. The van der Waals surface area contributed by atoms with Crippen LogP contribution >= 0.6 is 0 Å². The highest BCUT2D eigenvalue weighted by molar-refractivity contribution is 5.79. The molecule has 142 valence electrons. The van der Waals surface area contributed by atoms with Crippen molar-refractivity contribution in [3.05, 3.63) is 47.8 Å². The first-order valence-electron chi connectivity index (χ1n) is 8.13. The maximum atomic E-state index is 12.4. The first-order valence-corrected chi connectivity index (χ1v) is 8.13. The summed E-state index contributed by atoms with van der Waals surface area (Å²) >= 11 is 0. The van der Waals surface area contributed by atoms with Crippen LogP contribution in [0.5, 0.6) is 5.75 Å².